The summed E-state index contributed by atoms with van der Waals surface area (Å²) in [7, 11) is 0. The van der Waals surface area contributed by atoms with Gasteiger partial charge in [0.2, 0.25) is 12.5 Å². The van der Waals surface area contributed by atoms with Crippen LogP contribution in [0.5, 0.6) is 11.5 Å². The quantitative estimate of drug-likeness (QED) is 0.356. The molecule has 6 rings (SSSR count). The highest BCUT2D eigenvalue weighted by Crippen LogP contribution is 2.45. The van der Waals surface area contributed by atoms with Gasteiger partial charge in [-0.1, -0.05) is 66.7 Å². The second-order valence-corrected chi connectivity index (χ2v) is 7.93. The van der Waals surface area contributed by atoms with E-state index in [1.54, 1.807) is 0 Å². The van der Waals surface area contributed by atoms with Crippen LogP contribution in [0.2, 0.25) is 0 Å². The number of aliphatic hydroxyl groups excluding tert-OH is 1. The number of hydrogen-bond donors (Lipinski definition) is 2. The first-order chi connectivity index (χ1) is 16.8. The van der Waals surface area contributed by atoms with Crippen LogP contribution in [0.4, 0.5) is 5.82 Å². The van der Waals surface area contributed by atoms with Crippen LogP contribution in [0.25, 0.3) is 33.6 Å². The number of furan rings is 1. The van der Waals surface area contributed by atoms with Crippen molar-refractivity contribution in [3.05, 3.63) is 90.8 Å². The van der Waals surface area contributed by atoms with Crippen LogP contribution in [-0.2, 0) is 0 Å². The topological polar surface area (TPSA) is 89.6 Å². The molecule has 0 aliphatic carbocycles. The van der Waals surface area contributed by atoms with E-state index in [-0.39, 0.29) is 19.4 Å². The predicted octanol–water partition coefficient (Wildman–Crippen LogP) is 5.43. The molecule has 1 aliphatic rings. The van der Waals surface area contributed by atoms with Crippen LogP contribution in [0.1, 0.15) is 11.6 Å². The molecule has 168 valence electrons. The summed E-state index contributed by atoms with van der Waals surface area (Å²) in [6.45, 7) is 0.0971. The van der Waals surface area contributed by atoms with E-state index in [1.165, 1.54) is 6.33 Å². The number of fused-ring (bicyclic) bond motifs is 2. The fourth-order valence-corrected chi connectivity index (χ4v) is 4.25. The standard InChI is InChI=1S/C27H21N3O4/c31-14-20(17-7-3-1-4-8-17)30-26-24-23(19-11-12-21-22(13-19)33-16-32-21)25(18-9-5-2-6-10-18)34-27(24)29-15-28-26/h1-13,15,20,31H,14,16H2,(H,28,29,30). The Labute approximate surface area is 195 Å². The molecular formula is C27H21N3O4. The maximum atomic E-state index is 10.1. The van der Waals surface area contributed by atoms with E-state index in [0.717, 1.165) is 27.6 Å². The van der Waals surface area contributed by atoms with Crippen molar-refractivity contribution in [1.82, 2.24) is 9.97 Å². The smallest absolute Gasteiger partial charge is 0.232 e. The number of ether oxygens (including phenoxy) is 2. The normalized spacial score (nSPS) is 13.2. The van der Waals surface area contributed by atoms with Gasteiger partial charge >= 0.3 is 0 Å². The number of rotatable bonds is 6. The second kappa shape index (κ2) is 8.53. The maximum absolute atomic E-state index is 10.1. The van der Waals surface area contributed by atoms with E-state index in [2.05, 4.69) is 15.3 Å². The van der Waals surface area contributed by atoms with Crippen molar-refractivity contribution in [2.45, 2.75) is 6.04 Å². The van der Waals surface area contributed by atoms with Gasteiger partial charge in [-0.3, -0.25) is 0 Å². The summed E-state index contributed by atoms with van der Waals surface area (Å²) in [5, 5.41) is 14.3. The molecule has 1 atom stereocenters. The summed E-state index contributed by atoms with van der Waals surface area (Å²) in [5.41, 5.74) is 4.05. The number of nitrogens with zero attached hydrogens (tertiary/aromatic N) is 2. The van der Waals surface area contributed by atoms with E-state index in [9.17, 15) is 5.11 Å². The van der Waals surface area contributed by atoms with E-state index >= 15 is 0 Å². The number of aromatic nitrogens is 2. The first kappa shape index (κ1) is 20.3. The Morgan fingerprint density at radius 2 is 1.62 bits per heavy atom. The molecule has 0 saturated carbocycles. The Morgan fingerprint density at radius 1 is 0.853 bits per heavy atom. The van der Waals surface area contributed by atoms with Crippen LogP contribution in [0, 0.1) is 0 Å². The molecule has 0 bridgehead atoms. The van der Waals surface area contributed by atoms with Crippen molar-refractivity contribution in [2.24, 2.45) is 0 Å². The molecule has 0 spiro atoms. The van der Waals surface area contributed by atoms with Gasteiger partial charge in [0.15, 0.2) is 11.5 Å². The molecule has 0 amide bonds. The van der Waals surface area contributed by atoms with Crippen molar-refractivity contribution in [3.8, 4) is 33.9 Å². The van der Waals surface area contributed by atoms with Gasteiger partial charge in [-0.2, -0.15) is 0 Å². The molecule has 2 aromatic heterocycles. The third kappa shape index (κ3) is 3.52. The lowest BCUT2D eigenvalue weighted by atomic mass is 9.98. The number of benzene rings is 3. The average Bonchev–Trinajstić information content (AvgIpc) is 3.53. The largest absolute Gasteiger partial charge is 0.454 e. The van der Waals surface area contributed by atoms with Gasteiger partial charge in [-0.05, 0) is 23.3 Å². The highest BCUT2D eigenvalue weighted by Gasteiger charge is 2.25. The number of hydrogen-bond acceptors (Lipinski definition) is 7. The highest BCUT2D eigenvalue weighted by molar-refractivity contribution is 6.06. The SMILES string of the molecule is OCC(Nc1ncnc2oc(-c3ccccc3)c(-c3ccc4c(c3)OCO4)c12)c1ccccc1. The predicted molar refractivity (Wildman–Crippen MR) is 129 cm³/mol. The summed E-state index contributed by atoms with van der Waals surface area (Å²) in [5.74, 6) is 2.64. The summed E-state index contributed by atoms with van der Waals surface area (Å²) in [6, 6.07) is 25.1. The van der Waals surface area contributed by atoms with Gasteiger partial charge in [0, 0.05) is 11.1 Å². The molecule has 3 heterocycles. The van der Waals surface area contributed by atoms with Gasteiger partial charge in [-0.15, -0.1) is 0 Å². The highest BCUT2D eigenvalue weighted by atomic mass is 16.7. The number of nitrogens with one attached hydrogen (secondary N) is 1. The Hall–Kier alpha value is -4.36. The van der Waals surface area contributed by atoms with Crippen LogP contribution in [0.15, 0.2) is 89.6 Å². The maximum Gasteiger partial charge on any atom is 0.232 e. The minimum absolute atomic E-state index is 0.0989. The summed E-state index contributed by atoms with van der Waals surface area (Å²) < 4.78 is 17.4. The molecule has 7 heteroatoms. The van der Waals surface area contributed by atoms with Crippen molar-refractivity contribution < 1.29 is 19.0 Å². The fraction of sp³-hybridized carbons (Fsp3) is 0.111. The van der Waals surface area contributed by atoms with Crippen LogP contribution in [-0.4, -0.2) is 28.5 Å². The molecule has 34 heavy (non-hydrogen) atoms. The van der Waals surface area contributed by atoms with Crippen molar-refractivity contribution in [1.29, 1.82) is 0 Å². The first-order valence-electron chi connectivity index (χ1n) is 11.0. The van der Waals surface area contributed by atoms with Crippen molar-refractivity contribution in [3.63, 3.8) is 0 Å². The lowest BCUT2D eigenvalue weighted by Gasteiger charge is -2.18. The summed E-state index contributed by atoms with van der Waals surface area (Å²) in [4.78, 5) is 8.95. The molecule has 3 aromatic carbocycles. The summed E-state index contributed by atoms with van der Waals surface area (Å²) in [6.07, 6.45) is 1.46. The van der Waals surface area contributed by atoms with Gasteiger partial charge < -0.3 is 24.3 Å². The molecule has 1 unspecified atom stereocenters. The first-order valence-corrected chi connectivity index (χ1v) is 11.0. The van der Waals surface area contributed by atoms with Gasteiger partial charge in [-0.25, -0.2) is 9.97 Å². The Morgan fingerprint density at radius 3 is 2.41 bits per heavy atom. The van der Waals surface area contributed by atoms with E-state index in [0.29, 0.717) is 28.8 Å². The van der Waals surface area contributed by atoms with E-state index in [4.69, 9.17) is 13.9 Å². The fourth-order valence-electron chi connectivity index (χ4n) is 4.25. The average molecular weight is 451 g/mol. The van der Waals surface area contributed by atoms with Gasteiger partial charge in [0.25, 0.3) is 0 Å². The van der Waals surface area contributed by atoms with Crippen LogP contribution >= 0.6 is 0 Å². The van der Waals surface area contributed by atoms with Crippen molar-refractivity contribution in [2.75, 3.05) is 18.7 Å². The number of aliphatic hydroxyl groups is 1. The molecule has 0 fully saturated rings. The zero-order valence-corrected chi connectivity index (χ0v) is 18.1. The molecular weight excluding hydrogens is 430 g/mol. The number of anilines is 1. The zero-order valence-electron chi connectivity index (χ0n) is 18.1. The molecule has 0 radical (unpaired) electrons. The third-order valence-corrected chi connectivity index (χ3v) is 5.88. The van der Waals surface area contributed by atoms with Crippen molar-refractivity contribution >= 4 is 16.9 Å². The molecule has 7 nitrogen and oxygen atoms in total. The molecule has 5 aromatic rings. The Balaban J connectivity index is 1.56. The third-order valence-electron chi connectivity index (χ3n) is 5.88. The van der Waals surface area contributed by atoms with Gasteiger partial charge in [0.05, 0.1) is 18.0 Å². The zero-order chi connectivity index (χ0) is 22.9. The monoisotopic (exact) mass is 451 g/mol. The molecule has 0 saturated heterocycles. The lowest BCUT2D eigenvalue weighted by Crippen LogP contribution is -2.15. The summed E-state index contributed by atoms with van der Waals surface area (Å²) >= 11 is 0. The minimum Gasteiger partial charge on any atom is -0.454 e. The van der Waals surface area contributed by atoms with Crippen LogP contribution in [0.3, 0.4) is 0 Å². The Bertz CT molecular complexity index is 1450. The van der Waals surface area contributed by atoms with Gasteiger partial charge in [0.1, 0.15) is 17.9 Å². The van der Waals surface area contributed by atoms with E-state index in [1.807, 2.05) is 78.9 Å². The second-order valence-electron chi connectivity index (χ2n) is 7.93. The molecule has 2 N–H and O–H groups in total. The minimum atomic E-state index is -0.348. The Kier molecular flexibility index (Phi) is 5.08. The van der Waals surface area contributed by atoms with E-state index < -0.39 is 0 Å². The van der Waals surface area contributed by atoms with Crippen LogP contribution < -0.4 is 14.8 Å². The lowest BCUT2D eigenvalue weighted by molar-refractivity contribution is 0.174. The molecule has 1 aliphatic heterocycles.